The number of Topliss-reactive ketones (excluding diaryl/α,β-unsaturated/α-hetero) is 1. The molecule has 1 heterocycles. The van der Waals surface area contributed by atoms with Gasteiger partial charge in [0.2, 0.25) is 0 Å². The van der Waals surface area contributed by atoms with Crippen molar-refractivity contribution in [2.75, 3.05) is 18.1 Å². The molecule has 1 atom stereocenters. The molecule has 0 amide bonds. The minimum Gasteiger partial charge on any atom is -0.466 e. The lowest BCUT2D eigenvalue weighted by Crippen LogP contribution is -2.36. The summed E-state index contributed by atoms with van der Waals surface area (Å²) in [6.45, 7) is 5.01. The van der Waals surface area contributed by atoms with Crippen molar-refractivity contribution in [2.45, 2.75) is 39.2 Å². The fourth-order valence-corrected chi connectivity index (χ4v) is 2.65. The Morgan fingerprint density at radius 1 is 1.40 bits per heavy atom. The number of hydrogen-bond acceptors (Lipinski definition) is 4. The molecule has 4 heteroatoms. The molecular formula is C16H21NO3. The number of benzene rings is 1. The Labute approximate surface area is 119 Å². The predicted octanol–water partition coefficient (Wildman–Crippen LogP) is 2.81. The van der Waals surface area contributed by atoms with Crippen molar-refractivity contribution in [3.05, 3.63) is 29.8 Å². The monoisotopic (exact) mass is 275 g/mol. The van der Waals surface area contributed by atoms with Crippen molar-refractivity contribution in [3.8, 4) is 0 Å². The van der Waals surface area contributed by atoms with Crippen molar-refractivity contribution in [1.82, 2.24) is 0 Å². The Morgan fingerprint density at radius 2 is 2.15 bits per heavy atom. The summed E-state index contributed by atoms with van der Waals surface area (Å²) in [7, 11) is 0. The molecule has 1 unspecified atom stereocenters. The van der Waals surface area contributed by atoms with Crippen LogP contribution in [0.4, 0.5) is 5.69 Å². The van der Waals surface area contributed by atoms with Crippen molar-refractivity contribution >= 4 is 17.4 Å². The highest BCUT2D eigenvalue weighted by Crippen LogP contribution is 2.28. The summed E-state index contributed by atoms with van der Waals surface area (Å²) >= 11 is 0. The maximum absolute atomic E-state index is 12.1. The second-order valence-corrected chi connectivity index (χ2v) is 5.10. The molecular weight excluding hydrogens is 254 g/mol. The number of carbonyl (C=O) groups is 2. The maximum Gasteiger partial charge on any atom is 0.307 e. The lowest BCUT2D eigenvalue weighted by molar-refractivity contribution is -0.143. The Bertz CT molecular complexity index is 498. The number of para-hydroxylation sites is 1. The maximum atomic E-state index is 12.1. The number of esters is 1. The van der Waals surface area contributed by atoms with Gasteiger partial charge in [0.15, 0.2) is 5.78 Å². The van der Waals surface area contributed by atoms with Crippen LogP contribution < -0.4 is 4.90 Å². The Hall–Kier alpha value is -1.84. The highest BCUT2D eigenvalue weighted by atomic mass is 16.5. The van der Waals surface area contributed by atoms with Crippen LogP contribution in [0.25, 0.3) is 0 Å². The molecule has 0 saturated heterocycles. The van der Waals surface area contributed by atoms with Gasteiger partial charge >= 0.3 is 5.97 Å². The van der Waals surface area contributed by atoms with Crippen LogP contribution in [0.5, 0.6) is 0 Å². The van der Waals surface area contributed by atoms with Crippen LogP contribution >= 0.6 is 0 Å². The lowest BCUT2D eigenvalue weighted by Gasteiger charge is -2.30. The van der Waals surface area contributed by atoms with Gasteiger partial charge in [0.25, 0.3) is 0 Å². The molecule has 1 aromatic rings. The van der Waals surface area contributed by atoms with Gasteiger partial charge in [-0.3, -0.25) is 9.59 Å². The molecule has 20 heavy (non-hydrogen) atoms. The van der Waals surface area contributed by atoms with E-state index in [0.717, 1.165) is 24.2 Å². The van der Waals surface area contributed by atoms with Gasteiger partial charge < -0.3 is 9.64 Å². The Kier molecular flexibility index (Phi) is 4.77. The summed E-state index contributed by atoms with van der Waals surface area (Å²) in [6.07, 6.45) is 1.73. The third-order valence-corrected chi connectivity index (χ3v) is 3.62. The van der Waals surface area contributed by atoms with Crippen LogP contribution in [-0.2, 0) is 9.53 Å². The first kappa shape index (κ1) is 14.6. The first-order valence-electron chi connectivity index (χ1n) is 7.18. The first-order chi connectivity index (χ1) is 9.63. The fraction of sp³-hybridized carbons (Fsp3) is 0.500. The summed E-state index contributed by atoms with van der Waals surface area (Å²) in [5.41, 5.74) is 1.70. The number of ether oxygens (including phenoxy) is 1. The van der Waals surface area contributed by atoms with Crippen molar-refractivity contribution in [3.63, 3.8) is 0 Å². The zero-order chi connectivity index (χ0) is 14.5. The lowest BCUT2D eigenvalue weighted by atomic mass is 10.1. The standard InChI is InChI=1S/C16H21NO3/c1-3-20-16(19)11-12(2)17-10-6-9-15(18)13-7-4-5-8-14(13)17/h4-5,7-8,12H,3,6,9-11H2,1-2H3. The van der Waals surface area contributed by atoms with E-state index in [1.807, 2.05) is 38.1 Å². The molecule has 0 spiro atoms. The highest BCUT2D eigenvalue weighted by molar-refractivity contribution is 6.02. The summed E-state index contributed by atoms with van der Waals surface area (Å²) < 4.78 is 5.01. The number of fused-ring (bicyclic) bond motifs is 1. The molecule has 1 aliphatic heterocycles. The minimum absolute atomic E-state index is 0.0288. The average molecular weight is 275 g/mol. The van der Waals surface area contributed by atoms with E-state index in [1.54, 1.807) is 0 Å². The van der Waals surface area contributed by atoms with Crippen LogP contribution in [0.3, 0.4) is 0 Å². The molecule has 108 valence electrons. The van der Waals surface area contributed by atoms with E-state index in [1.165, 1.54) is 0 Å². The molecule has 4 nitrogen and oxygen atoms in total. The van der Waals surface area contributed by atoms with Crippen molar-refractivity contribution in [1.29, 1.82) is 0 Å². The second-order valence-electron chi connectivity index (χ2n) is 5.10. The first-order valence-corrected chi connectivity index (χ1v) is 7.18. The van der Waals surface area contributed by atoms with Crippen LogP contribution in [0.2, 0.25) is 0 Å². The minimum atomic E-state index is -0.187. The van der Waals surface area contributed by atoms with Crippen LogP contribution in [0.15, 0.2) is 24.3 Å². The zero-order valence-corrected chi connectivity index (χ0v) is 12.1. The fourth-order valence-electron chi connectivity index (χ4n) is 2.65. The van der Waals surface area contributed by atoms with E-state index in [9.17, 15) is 9.59 Å². The van der Waals surface area contributed by atoms with Gasteiger partial charge in [-0.05, 0) is 32.4 Å². The van der Waals surface area contributed by atoms with Crippen LogP contribution in [-0.4, -0.2) is 30.9 Å². The Morgan fingerprint density at radius 3 is 2.90 bits per heavy atom. The van der Waals surface area contributed by atoms with Gasteiger partial charge in [0, 0.05) is 30.3 Å². The molecule has 0 bridgehead atoms. The molecule has 2 rings (SSSR count). The topological polar surface area (TPSA) is 46.6 Å². The van der Waals surface area contributed by atoms with Gasteiger partial charge in [-0.15, -0.1) is 0 Å². The van der Waals surface area contributed by atoms with Crippen molar-refractivity contribution in [2.24, 2.45) is 0 Å². The number of nitrogens with zero attached hydrogens (tertiary/aromatic N) is 1. The van der Waals surface area contributed by atoms with E-state index in [4.69, 9.17) is 4.74 Å². The SMILES string of the molecule is CCOC(=O)CC(C)N1CCCC(=O)c2ccccc21. The Balaban J connectivity index is 2.20. The van der Waals surface area contributed by atoms with Gasteiger partial charge in [-0.25, -0.2) is 0 Å². The number of ketones is 1. The second kappa shape index (κ2) is 6.55. The third kappa shape index (κ3) is 3.18. The van der Waals surface area contributed by atoms with E-state index in [2.05, 4.69) is 4.90 Å². The van der Waals surface area contributed by atoms with Crippen molar-refractivity contribution < 1.29 is 14.3 Å². The molecule has 0 fully saturated rings. The van der Waals surface area contributed by atoms with E-state index < -0.39 is 0 Å². The summed E-state index contributed by atoms with van der Waals surface area (Å²) in [5, 5.41) is 0. The van der Waals surface area contributed by atoms with E-state index >= 15 is 0 Å². The van der Waals surface area contributed by atoms with Gasteiger partial charge in [-0.2, -0.15) is 0 Å². The number of hydrogen-bond donors (Lipinski definition) is 0. The average Bonchev–Trinajstić information content (AvgIpc) is 2.59. The smallest absolute Gasteiger partial charge is 0.307 e. The molecule has 0 aromatic heterocycles. The van der Waals surface area contributed by atoms with E-state index in [0.29, 0.717) is 19.4 Å². The third-order valence-electron chi connectivity index (χ3n) is 3.62. The highest BCUT2D eigenvalue weighted by Gasteiger charge is 2.25. The summed E-state index contributed by atoms with van der Waals surface area (Å²) in [5.74, 6) is -0.000473. The zero-order valence-electron chi connectivity index (χ0n) is 12.1. The number of carbonyl (C=O) groups excluding carboxylic acids is 2. The molecule has 0 N–H and O–H groups in total. The molecule has 0 saturated carbocycles. The normalized spacial score (nSPS) is 16.3. The summed E-state index contributed by atoms with van der Waals surface area (Å²) in [6, 6.07) is 7.67. The van der Waals surface area contributed by atoms with Gasteiger partial charge in [0.1, 0.15) is 0 Å². The van der Waals surface area contributed by atoms with Crippen LogP contribution in [0, 0.1) is 0 Å². The molecule has 0 radical (unpaired) electrons. The molecule has 1 aromatic carbocycles. The number of anilines is 1. The molecule has 0 aliphatic carbocycles. The van der Waals surface area contributed by atoms with E-state index in [-0.39, 0.29) is 17.8 Å². The number of rotatable bonds is 4. The van der Waals surface area contributed by atoms with Crippen LogP contribution in [0.1, 0.15) is 43.5 Å². The molecule has 1 aliphatic rings. The van der Waals surface area contributed by atoms with Gasteiger partial charge in [0.05, 0.1) is 13.0 Å². The predicted molar refractivity (Wildman–Crippen MR) is 78.1 cm³/mol. The summed E-state index contributed by atoms with van der Waals surface area (Å²) in [4.78, 5) is 25.9. The van der Waals surface area contributed by atoms with Gasteiger partial charge in [-0.1, -0.05) is 12.1 Å². The quantitative estimate of drug-likeness (QED) is 0.793. The largest absolute Gasteiger partial charge is 0.466 e.